The van der Waals surface area contributed by atoms with Crippen LogP contribution in [0.5, 0.6) is 0 Å². The van der Waals surface area contributed by atoms with Gasteiger partial charge in [-0.05, 0) is 18.2 Å². The summed E-state index contributed by atoms with van der Waals surface area (Å²) >= 11 is 0. The van der Waals surface area contributed by atoms with Gasteiger partial charge in [0.2, 0.25) is 0 Å². The molecule has 2 fully saturated rings. The summed E-state index contributed by atoms with van der Waals surface area (Å²) in [7, 11) is 1.88. The van der Waals surface area contributed by atoms with Crippen molar-refractivity contribution in [2.75, 3.05) is 25.0 Å². The fourth-order valence-electron chi connectivity index (χ4n) is 3.34. The van der Waals surface area contributed by atoms with Crippen molar-refractivity contribution in [1.82, 2.24) is 20.0 Å². The quantitative estimate of drug-likeness (QED) is 0.833. The highest BCUT2D eigenvalue weighted by molar-refractivity contribution is 5.92. The lowest BCUT2D eigenvalue weighted by Crippen LogP contribution is -2.49. The van der Waals surface area contributed by atoms with Crippen LogP contribution in [0.15, 0.2) is 24.4 Å². The molecule has 0 unspecified atom stereocenters. The third-order valence-corrected chi connectivity index (χ3v) is 4.82. The Kier molecular flexibility index (Phi) is 3.33. The van der Waals surface area contributed by atoms with E-state index in [0.717, 1.165) is 16.6 Å². The van der Waals surface area contributed by atoms with E-state index in [-0.39, 0.29) is 12.1 Å². The number of likely N-dealkylation sites (tertiary alicyclic amines) is 1. The number of urea groups is 1. The zero-order chi connectivity index (χ0) is 16.7. The summed E-state index contributed by atoms with van der Waals surface area (Å²) in [6, 6.07) is 5.59. The van der Waals surface area contributed by atoms with Crippen LogP contribution >= 0.6 is 0 Å². The van der Waals surface area contributed by atoms with Gasteiger partial charge in [0, 0.05) is 44.1 Å². The molecular formula is C16H19N5O3. The van der Waals surface area contributed by atoms with Crippen molar-refractivity contribution in [2.24, 2.45) is 7.05 Å². The SMILES string of the molecule is Cn1ncc2cc(NC(=O)N3CCC4(CC3)CNC(=O)O4)ccc21. The Morgan fingerprint density at radius 2 is 2.17 bits per heavy atom. The van der Waals surface area contributed by atoms with E-state index in [1.807, 2.05) is 25.2 Å². The molecule has 2 aliphatic heterocycles. The number of aromatic nitrogens is 2. The molecule has 3 amide bonds. The molecule has 1 spiro atoms. The van der Waals surface area contributed by atoms with E-state index in [1.54, 1.807) is 15.8 Å². The molecule has 8 heteroatoms. The molecule has 126 valence electrons. The highest BCUT2D eigenvalue weighted by Crippen LogP contribution is 2.29. The van der Waals surface area contributed by atoms with Crippen LogP contribution in [0.3, 0.4) is 0 Å². The number of nitrogens with one attached hydrogen (secondary N) is 2. The molecule has 2 saturated heterocycles. The lowest BCUT2D eigenvalue weighted by atomic mass is 9.92. The molecule has 2 N–H and O–H groups in total. The zero-order valence-corrected chi connectivity index (χ0v) is 13.4. The molecule has 8 nitrogen and oxygen atoms in total. The minimum absolute atomic E-state index is 0.134. The zero-order valence-electron chi connectivity index (χ0n) is 13.4. The van der Waals surface area contributed by atoms with Gasteiger partial charge in [-0.2, -0.15) is 5.10 Å². The van der Waals surface area contributed by atoms with Crippen molar-refractivity contribution >= 4 is 28.7 Å². The van der Waals surface area contributed by atoms with Crippen LogP contribution in [-0.4, -0.2) is 52.0 Å². The van der Waals surface area contributed by atoms with E-state index in [2.05, 4.69) is 15.7 Å². The first-order valence-corrected chi connectivity index (χ1v) is 7.99. The Morgan fingerprint density at radius 3 is 2.88 bits per heavy atom. The lowest BCUT2D eigenvalue weighted by molar-refractivity contribution is 0.0110. The van der Waals surface area contributed by atoms with Crippen LogP contribution in [0.4, 0.5) is 15.3 Å². The van der Waals surface area contributed by atoms with Crippen molar-refractivity contribution in [1.29, 1.82) is 0 Å². The number of carbonyl (C=O) groups excluding carboxylic acids is 2. The fourth-order valence-corrected chi connectivity index (χ4v) is 3.34. The van der Waals surface area contributed by atoms with Gasteiger partial charge in [-0.25, -0.2) is 9.59 Å². The van der Waals surface area contributed by atoms with Gasteiger partial charge < -0.3 is 20.3 Å². The number of benzene rings is 1. The van der Waals surface area contributed by atoms with Gasteiger partial charge in [0.25, 0.3) is 0 Å². The third-order valence-electron chi connectivity index (χ3n) is 4.82. The van der Waals surface area contributed by atoms with Crippen molar-refractivity contribution in [3.8, 4) is 0 Å². The summed E-state index contributed by atoms with van der Waals surface area (Å²) in [5, 5.41) is 10.8. The van der Waals surface area contributed by atoms with Gasteiger partial charge in [0.05, 0.1) is 18.3 Å². The number of hydrogen-bond acceptors (Lipinski definition) is 4. The molecule has 1 aromatic heterocycles. The number of anilines is 1. The van der Waals surface area contributed by atoms with Crippen LogP contribution < -0.4 is 10.6 Å². The third kappa shape index (κ3) is 2.53. The first-order valence-electron chi connectivity index (χ1n) is 7.99. The van der Waals surface area contributed by atoms with Crippen molar-refractivity contribution in [2.45, 2.75) is 18.4 Å². The van der Waals surface area contributed by atoms with E-state index >= 15 is 0 Å². The van der Waals surface area contributed by atoms with Gasteiger partial charge in [-0.1, -0.05) is 0 Å². The maximum Gasteiger partial charge on any atom is 0.407 e. The molecule has 1 aromatic carbocycles. The number of hydrogen-bond donors (Lipinski definition) is 2. The molecule has 0 bridgehead atoms. The standard InChI is InChI=1S/C16H19N5O3/c1-20-13-3-2-12(8-11(13)9-18-20)19-14(22)21-6-4-16(5-7-21)10-17-15(23)24-16/h2-3,8-9H,4-7,10H2,1H3,(H,17,23)(H,19,22). The summed E-state index contributed by atoms with van der Waals surface area (Å²) in [6.07, 6.45) is 2.72. The molecule has 0 saturated carbocycles. The molecule has 2 aliphatic rings. The summed E-state index contributed by atoms with van der Waals surface area (Å²) in [5.41, 5.74) is 1.32. The van der Waals surface area contributed by atoms with Crippen molar-refractivity contribution < 1.29 is 14.3 Å². The number of ether oxygens (including phenoxy) is 1. The van der Waals surface area contributed by atoms with Gasteiger partial charge in [0.1, 0.15) is 5.60 Å². The maximum absolute atomic E-state index is 12.4. The number of aryl methyl sites for hydroxylation is 1. The number of amides is 3. The maximum atomic E-state index is 12.4. The van der Waals surface area contributed by atoms with Gasteiger partial charge >= 0.3 is 12.1 Å². The van der Waals surface area contributed by atoms with Crippen LogP contribution in [0, 0.1) is 0 Å². The summed E-state index contributed by atoms with van der Waals surface area (Å²) in [6.45, 7) is 1.66. The summed E-state index contributed by atoms with van der Waals surface area (Å²) in [5.74, 6) is 0. The number of piperidine rings is 1. The number of nitrogens with zero attached hydrogens (tertiary/aromatic N) is 3. The van der Waals surface area contributed by atoms with Crippen molar-refractivity contribution in [3.63, 3.8) is 0 Å². The second kappa shape index (κ2) is 5.40. The number of fused-ring (bicyclic) bond motifs is 1. The molecular weight excluding hydrogens is 310 g/mol. The van der Waals surface area contributed by atoms with Gasteiger partial charge in [-0.15, -0.1) is 0 Å². The molecule has 0 atom stereocenters. The van der Waals surface area contributed by atoms with Crippen LogP contribution in [0.1, 0.15) is 12.8 Å². The van der Waals surface area contributed by atoms with Crippen LogP contribution in [0.25, 0.3) is 10.9 Å². The number of rotatable bonds is 1. The average molecular weight is 329 g/mol. The molecule has 2 aromatic rings. The minimum Gasteiger partial charge on any atom is -0.441 e. The van der Waals surface area contributed by atoms with Crippen LogP contribution in [0.2, 0.25) is 0 Å². The van der Waals surface area contributed by atoms with E-state index in [0.29, 0.717) is 32.5 Å². The van der Waals surface area contributed by atoms with E-state index in [4.69, 9.17) is 4.74 Å². The Hall–Kier alpha value is -2.77. The summed E-state index contributed by atoms with van der Waals surface area (Å²) in [4.78, 5) is 25.5. The predicted octanol–water partition coefficient (Wildman–Crippen LogP) is 1.68. The van der Waals surface area contributed by atoms with E-state index in [9.17, 15) is 9.59 Å². The highest BCUT2D eigenvalue weighted by Gasteiger charge is 2.43. The molecule has 0 aliphatic carbocycles. The van der Waals surface area contributed by atoms with Crippen LogP contribution in [-0.2, 0) is 11.8 Å². The smallest absolute Gasteiger partial charge is 0.407 e. The summed E-state index contributed by atoms with van der Waals surface area (Å²) < 4.78 is 7.16. The number of carbonyl (C=O) groups is 2. The van der Waals surface area contributed by atoms with Crippen molar-refractivity contribution in [3.05, 3.63) is 24.4 Å². The topological polar surface area (TPSA) is 88.5 Å². The first kappa shape index (κ1) is 14.8. The average Bonchev–Trinajstić information content (AvgIpc) is 3.11. The van der Waals surface area contributed by atoms with E-state index in [1.165, 1.54) is 0 Å². The molecule has 0 radical (unpaired) electrons. The second-order valence-corrected chi connectivity index (χ2v) is 6.39. The number of alkyl carbamates (subject to hydrolysis) is 1. The molecule has 4 rings (SSSR count). The Bertz CT molecular complexity index is 807. The molecule has 3 heterocycles. The fraction of sp³-hybridized carbons (Fsp3) is 0.438. The predicted molar refractivity (Wildman–Crippen MR) is 87.8 cm³/mol. The normalized spacial score (nSPS) is 19.4. The Morgan fingerprint density at radius 1 is 1.38 bits per heavy atom. The second-order valence-electron chi connectivity index (χ2n) is 6.39. The van der Waals surface area contributed by atoms with E-state index < -0.39 is 5.60 Å². The highest BCUT2D eigenvalue weighted by atomic mass is 16.6. The Labute approximate surface area is 138 Å². The minimum atomic E-state index is -0.442. The first-order chi connectivity index (χ1) is 11.5. The lowest BCUT2D eigenvalue weighted by Gasteiger charge is -2.37. The Balaban J connectivity index is 1.40. The van der Waals surface area contributed by atoms with Gasteiger partial charge in [-0.3, -0.25) is 4.68 Å². The largest absolute Gasteiger partial charge is 0.441 e. The monoisotopic (exact) mass is 329 g/mol. The van der Waals surface area contributed by atoms with Gasteiger partial charge in [0.15, 0.2) is 0 Å². The molecule has 24 heavy (non-hydrogen) atoms.